The Kier molecular flexibility index (Phi) is 8.72. The molecule has 2 aromatic carbocycles. The van der Waals surface area contributed by atoms with Crippen LogP contribution in [0, 0.1) is 6.92 Å². The highest BCUT2D eigenvalue weighted by atomic mass is 16.6. The Labute approximate surface area is 246 Å². The maximum absolute atomic E-state index is 13.3. The molecule has 1 saturated carbocycles. The van der Waals surface area contributed by atoms with Crippen LogP contribution in [0.1, 0.15) is 73.0 Å². The molecule has 3 N–H and O–H groups in total. The predicted octanol–water partition coefficient (Wildman–Crippen LogP) is 4.98. The van der Waals surface area contributed by atoms with E-state index in [0.29, 0.717) is 29.5 Å². The summed E-state index contributed by atoms with van der Waals surface area (Å²) in [6, 6.07) is 12.9. The third-order valence-corrected chi connectivity index (χ3v) is 7.71. The van der Waals surface area contributed by atoms with Gasteiger partial charge in [-0.3, -0.25) is 9.69 Å². The summed E-state index contributed by atoms with van der Waals surface area (Å²) in [4.78, 5) is 31.9. The first-order chi connectivity index (χ1) is 20.1. The maximum Gasteiger partial charge on any atom is 0.410 e. The molecule has 224 valence electrons. The maximum atomic E-state index is 13.3. The zero-order chi connectivity index (χ0) is 29.9. The number of hydrogen-bond donors (Lipinski definition) is 3. The first kappa shape index (κ1) is 29.4. The van der Waals surface area contributed by atoms with Gasteiger partial charge in [0, 0.05) is 30.4 Å². The second-order valence-corrected chi connectivity index (χ2v) is 12.1. The molecule has 0 spiro atoms. The Bertz CT molecular complexity index is 1410. The lowest BCUT2D eigenvalue weighted by Crippen LogP contribution is -2.54. The van der Waals surface area contributed by atoms with Gasteiger partial charge in [0.1, 0.15) is 18.0 Å². The van der Waals surface area contributed by atoms with E-state index >= 15 is 0 Å². The summed E-state index contributed by atoms with van der Waals surface area (Å²) in [5, 5.41) is 17.6. The van der Waals surface area contributed by atoms with E-state index in [9.17, 15) is 14.7 Å². The lowest BCUT2D eigenvalue weighted by Gasteiger charge is -2.40. The van der Waals surface area contributed by atoms with Gasteiger partial charge >= 0.3 is 6.09 Å². The molecule has 0 bridgehead atoms. The number of carbonyl (C=O) groups excluding carboxylic acids is 2. The molecule has 2 heterocycles. The number of fused-ring (bicyclic) bond motifs is 1. The highest BCUT2D eigenvalue weighted by Crippen LogP contribution is 2.30. The van der Waals surface area contributed by atoms with Crippen LogP contribution in [-0.4, -0.2) is 57.3 Å². The minimum Gasteiger partial charge on any atom is -0.486 e. The predicted molar refractivity (Wildman–Crippen MR) is 157 cm³/mol. The van der Waals surface area contributed by atoms with E-state index in [1.165, 1.54) is 17.7 Å². The third-order valence-electron chi connectivity index (χ3n) is 7.71. The van der Waals surface area contributed by atoms with Gasteiger partial charge in [-0.2, -0.15) is 0 Å². The zero-order valence-corrected chi connectivity index (χ0v) is 24.7. The molecule has 10 nitrogen and oxygen atoms in total. The van der Waals surface area contributed by atoms with E-state index in [2.05, 4.69) is 15.6 Å². The Balaban J connectivity index is 1.27. The summed E-state index contributed by atoms with van der Waals surface area (Å²) in [5.41, 5.74) is 3.37. The van der Waals surface area contributed by atoms with Gasteiger partial charge in [0.2, 0.25) is 0 Å². The largest absolute Gasteiger partial charge is 0.486 e. The third kappa shape index (κ3) is 7.23. The monoisotopic (exact) mass is 576 g/mol. The number of rotatable bonds is 9. The van der Waals surface area contributed by atoms with Crippen molar-refractivity contribution < 1.29 is 28.6 Å². The molecule has 42 heavy (non-hydrogen) atoms. The standard InChI is InChI=1S/C32H40N4O6/c1-20-29(41-19-34-20)18-40-26-12-11-21-15-27(36(17-23(21)14-26)31(39)42-32(2,3)4)28(37)16-33-30(38)22-7-5-10-25(13-22)35-24-8-6-9-24/h5,7,10-14,19,24,27-28,35,37H,6,8-9,15-18H2,1-4H3,(H,33,38)/t27-,28+/m0/s1. The number of aromatic nitrogens is 1. The fourth-order valence-corrected chi connectivity index (χ4v) is 5.13. The molecule has 0 saturated heterocycles. The van der Waals surface area contributed by atoms with Crippen molar-refractivity contribution in [2.75, 3.05) is 11.9 Å². The Morgan fingerprint density at radius 2 is 1.98 bits per heavy atom. The average Bonchev–Trinajstić information content (AvgIpc) is 3.35. The second-order valence-electron chi connectivity index (χ2n) is 12.1. The van der Waals surface area contributed by atoms with Crippen molar-refractivity contribution in [1.29, 1.82) is 0 Å². The molecule has 1 fully saturated rings. The van der Waals surface area contributed by atoms with Crippen molar-refractivity contribution in [3.05, 3.63) is 77.0 Å². The smallest absolute Gasteiger partial charge is 0.410 e. The number of amides is 2. The van der Waals surface area contributed by atoms with Gasteiger partial charge < -0.3 is 29.6 Å². The molecule has 5 rings (SSSR count). The van der Waals surface area contributed by atoms with Crippen molar-refractivity contribution >= 4 is 17.7 Å². The van der Waals surface area contributed by atoms with Crippen LogP contribution in [0.2, 0.25) is 0 Å². The summed E-state index contributed by atoms with van der Waals surface area (Å²) in [5.74, 6) is 0.999. The molecule has 1 aliphatic heterocycles. The van der Waals surface area contributed by atoms with Crippen molar-refractivity contribution in [2.45, 2.75) is 90.3 Å². The van der Waals surface area contributed by atoms with Crippen LogP contribution in [0.3, 0.4) is 0 Å². The quantitative estimate of drug-likeness (QED) is 0.326. The number of anilines is 1. The minimum absolute atomic E-state index is 0.0177. The Morgan fingerprint density at radius 1 is 1.17 bits per heavy atom. The van der Waals surface area contributed by atoms with Gasteiger partial charge in [-0.15, -0.1) is 0 Å². The Morgan fingerprint density at radius 3 is 2.67 bits per heavy atom. The SMILES string of the molecule is Cc1ncoc1COc1ccc2c(c1)CN(C(=O)OC(C)(C)C)[C@H]([C@H](O)CNC(=O)c1cccc(NC3CCC3)c1)C2. The van der Waals surface area contributed by atoms with Crippen LogP contribution in [-0.2, 0) is 24.3 Å². The first-order valence-corrected chi connectivity index (χ1v) is 14.5. The average molecular weight is 577 g/mol. The topological polar surface area (TPSA) is 126 Å². The van der Waals surface area contributed by atoms with E-state index in [1.54, 1.807) is 26.8 Å². The molecular weight excluding hydrogens is 536 g/mol. The van der Waals surface area contributed by atoms with Gasteiger partial charge in [-0.25, -0.2) is 9.78 Å². The number of carbonyl (C=O) groups is 2. The van der Waals surface area contributed by atoms with Crippen LogP contribution in [0.15, 0.2) is 53.3 Å². The van der Waals surface area contributed by atoms with Gasteiger partial charge in [-0.05, 0) is 94.8 Å². The minimum atomic E-state index is -1.02. The number of aryl methyl sites for hydroxylation is 1. The van der Waals surface area contributed by atoms with Gasteiger partial charge in [-0.1, -0.05) is 12.1 Å². The summed E-state index contributed by atoms with van der Waals surface area (Å²) in [7, 11) is 0. The van der Waals surface area contributed by atoms with Crippen molar-refractivity contribution in [2.24, 2.45) is 0 Å². The number of benzene rings is 2. The molecule has 3 aromatic rings. The first-order valence-electron chi connectivity index (χ1n) is 14.5. The van der Waals surface area contributed by atoms with Crippen LogP contribution < -0.4 is 15.4 Å². The molecule has 0 radical (unpaired) electrons. The van der Waals surface area contributed by atoms with Crippen LogP contribution >= 0.6 is 0 Å². The molecule has 2 amide bonds. The Hall–Kier alpha value is -4.05. The number of aliphatic hydroxyl groups excluding tert-OH is 1. The number of ether oxygens (including phenoxy) is 2. The van der Waals surface area contributed by atoms with E-state index in [4.69, 9.17) is 13.9 Å². The molecule has 1 aliphatic carbocycles. The fourth-order valence-electron chi connectivity index (χ4n) is 5.13. The molecular formula is C32H40N4O6. The molecule has 1 aromatic heterocycles. The summed E-state index contributed by atoms with van der Waals surface area (Å²) in [6.07, 6.45) is 3.74. The van der Waals surface area contributed by atoms with E-state index in [-0.39, 0.29) is 25.6 Å². The molecule has 10 heteroatoms. The number of oxazole rings is 1. The van der Waals surface area contributed by atoms with Crippen molar-refractivity contribution in [3.63, 3.8) is 0 Å². The van der Waals surface area contributed by atoms with Crippen molar-refractivity contribution in [3.8, 4) is 5.75 Å². The lowest BCUT2D eigenvalue weighted by molar-refractivity contribution is -0.0113. The molecule has 2 aliphatic rings. The normalized spacial score (nSPS) is 17.5. The second kappa shape index (κ2) is 12.4. The van der Waals surface area contributed by atoms with Crippen LogP contribution in [0.4, 0.5) is 10.5 Å². The van der Waals surface area contributed by atoms with Gasteiger partial charge in [0.05, 0.1) is 17.8 Å². The zero-order valence-electron chi connectivity index (χ0n) is 24.7. The number of nitrogens with zero attached hydrogens (tertiary/aromatic N) is 2. The van der Waals surface area contributed by atoms with Crippen LogP contribution in [0.5, 0.6) is 5.75 Å². The number of hydrogen-bond acceptors (Lipinski definition) is 8. The van der Waals surface area contributed by atoms with E-state index in [0.717, 1.165) is 35.3 Å². The number of aliphatic hydroxyl groups is 1. The van der Waals surface area contributed by atoms with Crippen LogP contribution in [0.25, 0.3) is 0 Å². The fraction of sp³-hybridized carbons (Fsp3) is 0.469. The number of nitrogens with one attached hydrogen (secondary N) is 2. The molecule has 0 unspecified atom stereocenters. The van der Waals surface area contributed by atoms with Crippen molar-refractivity contribution in [1.82, 2.24) is 15.2 Å². The summed E-state index contributed by atoms with van der Waals surface area (Å²) in [6.45, 7) is 7.72. The summed E-state index contributed by atoms with van der Waals surface area (Å²) < 4.78 is 17.0. The highest BCUT2D eigenvalue weighted by Gasteiger charge is 2.37. The van der Waals surface area contributed by atoms with Gasteiger partial charge in [0.25, 0.3) is 5.91 Å². The van der Waals surface area contributed by atoms with Gasteiger partial charge in [0.15, 0.2) is 12.2 Å². The lowest BCUT2D eigenvalue weighted by atomic mass is 9.91. The van der Waals surface area contributed by atoms with E-state index < -0.39 is 23.8 Å². The summed E-state index contributed by atoms with van der Waals surface area (Å²) >= 11 is 0. The highest BCUT2D eigenvalue weighted by molar-refractivity contribution is 5.95. The van der Waals surface area contributed by atoms with E-state index in [1.807, 2.05) is 43.3 Å². The molecule has 2 atom stereocenters.